The van der Waals surface area contributed by atoms with Crippen molar-refractivity contribution in [3.8, 4) is 0 Å². The molecule has 0 bridgehead atoms. The van der Waals surface area contributed by atoms with Crippen LogP contribution in [-0.4, -0.2) is 19.1 Å². The SMILES string of the molecule is C=C(CC)CCNC.O. The third-order valence-corrected chi connectivity index (χ3v) is 1.23. The summed E-state index contributed by atoms with van der Waals surface area (Å²) in [6.45, 7) is 7.07. The van der Waals surface area contributed by atoms with E-state index >= 15 is 0 Å². The predicted octanol–water partition coefficient (Wildman–Crippen LogP) is 0.737. The highest BCUT2D eigenvalue weighted by atomic mass is 16.0. The molecule has 0 aliphatic carbocycles. The standard InChI is InChI=1S/C7H15N.H2O/c1-4-7(2)5-6-8-3;/h8H,2,4-6H2,1,3H3;1H2. The van der Waals surface area contributed by atoms with Gasteiger partial charge in [-0.3, -0.25) is 0 Å². The van der Waals surface area contributed by atoms with Crippen molar-refractivity contribution in [2.24, 2.45) is 0 Å². The van der Waals surface area contributed by atoms with Crippen LogP contribution in [0.5, 0.6) is 0 Å². The molecule has 0 fully saturated rings. The van der Waals surface area contributed by atoms with Gasteiger partial charge < -0.3 is 10.8 Å². The second-order valence-electron chi connectivity index (χ2n) is 1.96. The maximum Gasteiger partial charge on any atom is -0.00147 e. The average molecular weight is 131 g/mol. The van der Waals surface area contributed by atoms with E-state index in [1.54, 1.807) is 0 Å². The van der Waals surface area contributed by atoms with Crippen LogP contribution in [0.15, 0.2) is 12.2 Å². The van der Waals surface area contributed by atoms with Gasteiger partial charge in [0.15, 0.2) is 0 Å². The average Bonchev–Trinajstić information content (AvgIpc) is 1.83. The maximum absolute atomic E-state index is 3.87. The van der Waals surface area contributed by atoms with Gasteiger partial charge in [0.2, 0.25) is 0 Å². The Kier molecular flexibility index (Phi) is 9.75. The van der Waals surface area contributed by atoms with Gasteiger partial charge in [-0.25, -0.2) is 0 Å². The van der Waals surface area contributed by atoms with E-state index in [1.165, 1.54) is 5.57 Å². The second-order valence-corrected chi connectivity index (χ2v) is 1.96. The Morgan fingerprint density at radius 3 is 2.44 bits per heavy atom. The number of nitrogens with one attached hydrogen (secondary N) is 1. The minimum absolute atomic E-state index is 0. The van der Waals surface area contributed by atoms with Crippen molar-refractivity contribution in [2.45, 2.75) is 19.8 Å². The van der Waals surface area contributed by atoms with E-state index in [1.807, 2.05) is 7.05 Å². The van der Waals surface area contributed by atoms with Crippen LogP contribution >= 0.6 is 0 Å². The van der Waals surface area contributed by atoms with Crippen molar-refractivity contribution in [1.82, 2.24) is 5.32 Å². The number of hydrogen-bond donors (Lipinski definition) is 1. The summed E-state index contributed by atoms with van der Waals surface area (Å²) < 4.78 is 0. The second kappa shape index (κ2) is 7.66. The summed E-state index contributed by atoms with van der Waals surface area (Å²) in [5.41, 5.74) is 1.33. The summed E-state index contributed by atoms with van der Waals surface area (Å²) in [5.74, 6) is 0. The summed E-state index contributed by atoms with van der Waals surface area (Å²) in [4.78, 5) is 0. The lowest BCUT2D eigenvalue weighted by atomic mass is 10.2. The van der Waals surface area contributed by atoms with E-state index in [2.05, 4.69) is 18.8 Å². The molecule has 0 aromatic heterocycles. The lowest BCUT2D eigenvalue weighted by Crippen LogP contribution is -2.07. The molecule has 0 heterocycles. The van der Waals surface area contributed by atoms with Crippen molar-refractivity contribution in [2.75, 3.05) is 13.6 Å². The zero-order valence-corrected chi connectivity index (χ0v) is 6.33. The van der Waals surface area contributed by atoms with Crippen molar-refractivity contribution >= 4 is 0 Å². The molecule has 2 nitrogen and oxygen atoms in total. The quantitative estimate of drug-likeness (QED) is 0.562. The molecule has 0 saturated carbocycles. The molecule has 2 heteroatoms. The van der Waals surface area contributed by atoms with E-state index in [0.29, 0.717) is 0 Å². The molecule has 9 heavy (non-hydrogen) atoms. The molecule has 0 radical (unpaired) electrons. The lowest BCUT2D eigenvalue weighted by Gasteiger charge is -1.98. The zero-order valence-electron chi connectivity index (χ0n) is 6.33. The Labute approximate surface area is 57.3 Å². The highest BCUT2D eigenvalue weighted by Gasteiger charge is 1.86. The molecule has 0 unspecified atom stereocenters. The molecular formula is C7H17NO. The van der Waals surface area contributed by atoms with Crippen LogP contribution in [0.3, 0.4) is 0 Å². The van der Waals surface area contributed by atoms with Crippen LogP contribution in [0.1, 0.15) is 19.8 Å². The van der Waals surface area contributed by atoms with E-state index < -0.39 is 0 Å². The molecule has 0 spiro atoms. The predicted molar refractivity (Wildman–Crippen MR) is 41.6 cm³/mol. The third kappa shape index (κ3) is 7.66. The molecule has 0 amide bonds. The molecule has 0 aromatic rings. The molecule has 0 saturated heterocycles. The molecule has 0 aliphatic heterocycles. The monoisotopic (exact) mass is 131 g/mol. The fourth-order valence-corrected chi connectivity index (χ4v) is 0.479. The van der Waals surface area contributed by atoms with Gasteiger partial charge in [-0.15, -0.1) is 0 Å². The van der Waals surface area contributed by atoms with Gasteiger partial charge in [-0.05, 0) is 26.4 Å². The Balaban J connectivity index is 0. The van der Waals surface area contributed by atoms with E-state index in [4.69, 9.17) is 0 Å². The van der Waals surface area contributed by atoms with Crippen molar-refractivity contribution in [3.05, 3.63) is 12.2 Å². The van der Waals surface area contributed by atoms with Crippen LogP contribution in [0.4, 0.5) is 0 Å². The van der Waals surface area contributed by atoms with Gasteiger partial charge in [-0.1, -0.05) is 19.1 Å². The summed E-state index contributed by atoms with van der Waals surface area (Å²) in [6, 6.07) is 0. The highest BCUT2D eigenvalue weighted by Crippen LogP contribution is 1.99. The Morgan fingerprint density at radius 2 is 2.11 bits per heavy atom. The van der Waals surface area contributed by atoms with E-state index in [-0.39, 0.29) is 5.48 Å². The van der Waals surface area contributed by atoms with Gasteiger partial charge in [0.05, 0.1) is 0 Å². The molecule has 0 rings (SSSR count). The first kappa shape index (κ1) is 11.5. The zero-order chi connectivity index (χ0) is 6.41. The van der Waals surface area contributed by atoms with Crippen molar-refractivity contribution in [1.29, 1.82) is 0 Å². The summed E-state index contributed by atoms with van der Waals surface area (Å²) in [6.07, 6.45) is 2.23. The van der Waals surface area contributed by atoms with Crippen LogP contribution in [-0.2, 0) is 0 Å². The summed E-state index contributed by atoms with van der Waals surface area (Å²) in [7, 11) is 1.96. The smallest absolute Gasteiger partial charge is 0.00147 e. The van der Waals surface area contributed by atoms with Gasteiger partial charge in [0, 0.05) is 0 Å². The van der Waals surface area contributed by atoms with E-state index in [9.17, 15) is 0 Å². The normalized spacial score (nSPS) is 8.22. The Hall–Kier alpha value is -0.340. The molecule has 3 N–H and O–H groups in total. The topological polar surface area (TPSA) is 43.5 Å². The molecule has 56 valence electrons. The fourth-order valence-electron chi connectivity index (χ4n) is 0.479. The third-order valence-electron chi connectivity index (χ3n) is 1.23. The Bertz CT molecular complexity index is 71.3. The first-order chi connectivity index (χ1) is 3.81. The summed E-state index contributed by atoms with van der Waals surface area (Å²) in [5, 5.41) is 3.07. The highest BCUT2D eigenvalue weighted by molar-refractivity contribution is 4.92. The van der Waals surface area contributed by atoms with Gasteiger partial charge in [-0.2, -0.15) is 0 Å². The van der Waals surface area contributed by atoms with Crippen LogP contribution in [0, 0.1) is 0 Å². The van der Waals surface area contributed by atoms with Gasteiger partial charge >= 0.3 is 0 Å². The number of hydrogen-bond acceptors (Lipinski definition) is 1. The minimum atomic E-state index is 0. The molecule has 0 aromatic carbocycles. The first-order valence-electron chi connectivity index (χ1n) is 3.12. The van der Waals surface area contributed by atoms with Crippen LogP contribution in [0.25, 0.3) is 0 Å². The fraction of sp³-hybridized carbons (Fsp3) is 0.714. The van der Waals surface area contributed by atoms with Crippen molar-refractivity contribution in [3.63, 3.8) is 0 Å². The summed E-state index contributed by atoms with van der Waals surface area (Å²) >= 11 is 0. The van der Waals surface area contributed by atoms with Crippen LogP contribution < -0.4 is 5.32 Å². The largest absolute Gasteiger partial charge is 0.412 e. The van der Waals surface area contributed by atoms with Gasteiger partial charge in [0.25, 0.3) is 0 Å². The lowest BCUT2D eigenvalue weighted by molar-refractivity contribution is 0.770. The van der Waals surface area contributed by atoms with Crippen LogP contribution in [0.2, 0.25) is 0 Å². The van der Waals surface area contributed by atoms with E-state index in [0.717, 1.165) is 19.4 Å². The molecule has 0 aliphatic rings. The number of rotatable bonds is 4. The van der Waals surface area contributed by atoms with Gasteiger partial charge in [0.1, 0.15) is 0 Å². The molecule has 0 atom stereocenters. The first-order valence-corrected chi connectivity index (χ1v) is 3.12. The molecular weight excluding hydrogens is 114 g/mol. The minimum Gasteiger partial charge on any atom is -0.412 e. The Morgan fingerprint density at radius 1 is 1.56 bits per heavy atom. The van der Waals surface area contributed by atoms with Crippen molar-refractivity contribution < 1.29 is 5.48 Å². The maximum atomic E-state index is 3.87.